The Morgan fingerprint density at radius 3 is 2.67 bits per heavy atom. The second-order valence-corrected chi connectivity index (χ2v) is 5.87. The number of hydrogen-bond acceptors (Lipinski definition) is 5. The number of nitrogens with one attached hydrogen (secondary N) is 2. The Kier molecular flexibility index (Phi) is 5.05. The number of halogens is 1. The summed E-state index contributed by atoms with van der Waals surface area (Å²) in [6, 6.07) is 10.5. The van der Waals surface area contributed by atoms with Gasteiger partial charge in [0.2, 0.25) is 5.91 Å². The van der Waals surface area contributed by atoms with Crippen molar-refractivity contribution >= 4 is 27.7 Å². The minimum Gasteiger partial charge on any atom is -0.486 e. The number of amides is 2. The molecule has 126 valence electrons. The molecule has 0 bridgehead atoms. The number of rotatable bonds is 5. The number of benzene rings is 1. The molecule has 1 aromatic carbocycles. The monoisotopic (exact) mass is 394 g/mol. The Morgan fingerprint density at radius 2 is 1.92 bits per heavy atom. The first-order chi connectivity index (χ1) is 11.6. The van der Waals surface area contributed by atoms with Crippen LogP contribution in [0.3, 0.4) is 0 Å². The number of hydrogen-bond donors (Lipinski definition) is 2. The van der Waals surface area contributed by atoms with Crippen LogP contribution < -0.4 is 20.1 Å². The van der Waals surface area contributed by atoms with Crippen LogP contribution >= 0.6 is 15.9 Å². The average Bonchev–Trinajstić information content (AvgIpc) is 3.04. The molecule has 0 saturated carbocycles. The minimum atomic E-state index is -0.456. The third kappa shape index (κ3) is 4.08. The molecule has 8 heteroatoms. The number of fused-ring (bicyclic) bond motifs is 1. The fourth-order valence-corrected chi connectivity index (χ4v) is 2.44. The van der Waals surface area contributed by atoms with E-state index in [0.717, 1.165) is 0 Å². The maximum atomic E-state index is 11.8. The second kappa shape index (κ2) is 7.39. The quantitative estimate of drug-likeness (QED) is 0.805. The predicted molar refractivity (Wildman–Crippen MR) is 88.1 cm³/mol. The van der Waals surface area contributed by atoms with Crippen molar-refractivity contribution in [3.8, 4) is 11.5 Å². The summed E-state index contributed by atoms with van der Waals surface area (Å²) >= 11 is 3.11. The molecule has 2 N–H and O–H groups in total. The van der Waals surface area contributed by atoms with Crippen LogP contribution in [0.15, 0.2) is 45.5 Å². The predicted octanol–water partition coefficient (Wildman–Crippen LogP) is 1.73. The van der Waals surface area contributed by atoms with Gasteiger partial charge in [0.15, 0.2) is 21.9 Å². The summed E-state index contributed by atoms with van der Waals surface area (Å²) in [6.07, 6.45) is -0.277. The van der Waals surface area contributed by atoms with Crippen molar-refractivity contribution in [3.63, 3.8) is 0 Å². The summed E-state index contributed by atoms with van der Waals surface area (Å²) in [5, 5.41) is 5.17. The zero-order chi connectivity index (χ0) is 16.9. The van der Waals surface area contributed by atoms with Crippen molar-refractivity contribution in [3.05, 3.63) is 46.8 Å². The summed E-state index contributed by atoms with van der Waals surface area (Å²) in [5.41, 5.74) is 0. The van der Waals surface area contributed by atoms with Crippen LogP contribution in [-0.2, 0) is 4.79 Å². The lowest BCUT2D eigenvalue weighted by molar-refractivity contribution is -0.120. The molecule has 2 heterocycles. The summed E-state index contributed by atoms with van der Waals surface area (Å²) in [7, 11) is 0. The summed E-state index contributed by atoms with van der Waals surface area (Å²) in [5.74, 6) is 0.699. The van der Waals surface area contributed by atoms with Gasteiger partial charge in [0.05, 0.1) is 13.1 Å². The molecule has 0 radical (unpaired) electrons. The molecule has 2 amide bonds. The molecular formula is C16H15BrN2O5. The average molecular weight is 395 g/mol. The normalized spacial score (nSPS) is 15.6. The number of carbonyl (C=O) groups is 2. The van der Waals surface area contributed by atoms with Gasteiger partial charge in [0.25, 0.3) is 5.91 Å². The fraction of sp³-hybridized carbons (Fsp3) is 0.250. The molecule has 0 fully saturated rings. The molecule has 0 aliphatic carbocycles. The number of carbonyl (C=O) groups excluding carboxylic acids is 2. The highest BCUT2D eigenvalue weighted by Gasteiger charge is 2.21. The second-order valence-electron chi connectivity index (χ2n) is 5.09. The van der Waals surface area contributed by atoms with Crippen LogP contribution in [0.2, 0.25) is 0 Å². The third-order valence-corrected chi connectivity index (χ3v) is 3.73. The van der Waals surface area contributed by atoms with Gasteiger partial charge in [-0.25, -0.2) is 0 Å². The highest BCUT2D eigenvalue weighted by atomic mass is 79.9. The summed E-state index contributed by atoms with van der Waals surface area (Å²) < 4.78 is 16.8. The van der Waals surface area contributed by atoms with E-state index in [0.29, 0.717) is 22.8 Å². The highest BCUT2D eigenvalue weighted by molar-refractivity contribution is 9.10. The van der Waals surface area contributed by atoms with E-state index in [4.69, 9.17) is 13.9 Å². The molecule has 3 rings (SSSR count). The largest absolute Gasteiger partial charge is 0.486 e. The SMILES string of the molecule is O=C(CNC(=O)c1ccc(Br)o1)NCC1COc2ccccc2O1. The van der Waals surface area contributed by atoms with E-state index < -0.39 is 5.91 Å². The highest BCUT2D eigenvalue weighted by Crippen LogP contribution is 2.30. The van der Waals surface area contributed by atoms with Crippen molar-refractivity contribution in [2.75, 3.05) is 19.7 Å². The van der Waals surface area contributed by atoms with Crippen LogP contribution in [0, 0.1) is 0 Å². The smallest absolute Gasteiger partial charge is 0.287 e. The van der Waals surface area contributed by atoms with Gasteiger partial charge in [0.1, 0.15) is 12.7 Å². The molecular weight excluding hydrogens is 380 g/mol. The molecule has 1 unspecified atom stereocenters. The van der Waals surface area contributed by atoms with Crippen LogP contribution in [0.5, 0.6) is 11.5 Å². The van der Waals surface area contributed by atoms with Crippen molar-refractivity contribution < 1.29 is 23.5 Å². The first-order valence-electron chi connectivity index (χ1n) is 7.30. The number of ether oxygens (including phenoxy) is 2. The molecule has 1 aliphatic rings. The van der Waals surface area contributed by atoms with Crippen molar-refractivity contribution in [2.45, 2.75) is 6.10 Å². The van der Waals surface area contributed by atoms with Gasteiger partial charge in [-0.15, -0.1) is 0 Å². The Morgan fingerprint density at radius 1 is 1.12 bits per heavy atom. The lowest BCUT2D eigenvalue weighted by atomic mass is 10.2. The van der Waals surface area contributed by atoms with Crippen molar-refractivity contribution in [1.82, 2.24) is 10.6 Å². The number of para-hydroxylation sites is 2. The molecule has 24 heavy (non-hydrogen) atoms. The third-order valence-electron chi connectivity index (χ3n) is 3.30. The Balaban J connectivity index is 1.41. The van der Waals surface area contributed by atoms with Gasteiger partial charge in [-0.05, 0) is 40.2 Å². The standard InChI is InChI=1S/C16H15BrN2O5/c17-14-6-5-13(24-14)16(21)19-8-15(20)18-7-10-9-22-11-3-1-2-4-12(11)23-10/h1-6,10H,7-9H2,(H,18,20)(H,19,21). The fourth-order valence-electron chi connectivity index (χ4n) is 2.14. The lowest BCUT2D eigenvalue weighted by Crippen LogP contribution is -2.44. The van der Waals surface area contributed by atoms with Crippen LogP contribution in [0.25, 0.3) is 0 Å². The first kappa shape index (κ1) is 16.4. The van der Waals surface area contributed by atoms with Gasteiger partial charge in [-0.2, -0.15) is 0 Å². The van der Waals surface area contributed by atoms with E-state index in [9.17, 15) is 9.59 Å². The Labute approximate surface area is 146 Å². The van der Waals surface area contributed by atoms with Crippen molar-refractivity contribution in [1.29, 1.82) is 0 Å². The van der Waals surface area contributed by atoms with Gasteiger partial charge in [-0.3, -0.25) is 9.59 Å². The molecule has 0 saturated heterocycles. The van der Waals surface area contributed by atoms with Gasteiger partial charge in [0, 0.05) is 0 Å². The molecule has 1 aromatic heterocycles. The van der Waals surface area contributed by atoms with E-state index in [1.165, 1.54) is 6.07 Å². The van der Waals surface area contributed by atoms with Crippen molar-refractivity contribution in [2.24, 2.45) is 0 Å². The molecule has 2 aromatic rings. The first-order valence-corrected chi connectivity index (χ1v) is 8.10. The van der Waals surface area contributed by atoms with E-state index in [1.807, 2.05) is 24.3 Å². The van der Waals surface area contributed by atoms with E-state index in [2.05, 4.69) is 26.6 Å². The molecule has 7 nitrogen and oxygen atoms in total. The number of furan rings is 1. The van der Waals surface area contributed by atoms with E-state index in [1.54, 1.807) is 6.07 Å². The lowest BCUT2D eigenvalue weighted by Gasteiger charge is -2.26. The summed E-state index contributed by atoms with van der Waals surface area (Å²) in [6.45, 7) is 0.487. The maximum Gasteiger partial charge on any atom is 0.287 e. The maximum absolute atomic E-state index is 11.8. The van der Waals surface area contributed by atoms with Gasteiger partial charge < -0.3 is 24.5 Å². The molecule has 1 atom stereocenters. The van der Waals surface area contributed by atoms with E-state index in [-0.39, 0.29) is 30.9 Å². The molecule has 1 aliphatic heterocycles. The molecule has 0 spiro atoms. The van der Waals surface area contributed by atoms with Gasteiger partial charge in [-0.1, -0.05) is 12.1 Å². The zero-order valence-corrected chi connectivity index (χ0v) is 14.2. The van der Waals surface area contributed by atoms with Crippen LogP contribution in [0.1, 0.15) is 10.6 Å². The van der Waals surface area contributed by atoms with E-state index >= 15 is 0 Å². The van der Waals surface area contributed by atoms with Crippen LogP contribution in [0.4, 0.5) is 0 Å². The Bertz CT molecular complexity index is 746. The Hall–Kier alpha value is -2.48. The summed E-state index contributed by atoms with van der Waals surface area (Å²) in [4.78, 5) is 23.6. The minimum absolute atomic E-state index is 0.135. The zero-order valence-electron chi connectivity index (χ0n) is 12.6. The van der Waals surface area contributed by atoms with Crippen LogP contribution in [-0.4, -0.2) is 37.6 Å². The topological polar surface area (TPSA) is 89.8 Å². The van der Waals surface area contributed by atoms with Gasteiger partial charge >= 0.3 is 0 Å².